The first-order valence-electron chi connectivity index (χ1n) is 7.46. The summed E-state index contributed by atoms with van der Waals surface area (Å²) in [7, 11) is 0. The zero-order chi connectivity index (χ0) is 19.4. The highest BCUT2D eigenvalue weighted by Gasteiger charge is 2.22. The number of carbonyl (C=O) groups excluding carboxylic acids is 3. The first kappa shape index (κ1) is 19.5. The van der Waals surface area contributed by atoms with Gasteiger partial charge in [-0.3, -0.25) is 9.59 Å². The predicted molar refractivity (Wildman–Crippen MR) is 91.3 cm³/mol. The molecule has 0 bridgehead atoms. The molecule has 2 aromatic carbocycles. The summed E-state index contributed by atoms with van der Waals surface area (Å²) in [4.78, 5) is 35.5. The van der Waals surface area contributed by atoms with Crippen LogP contribution in [-0.2, 0) is 9.53 Å². The second-order valence-corrected chi connectivity index (χ2v) is 5.83. The lowest BCUT2D eigenvalue weighted by Gasteiger charge is -2.14. The number of benzene rings is 2. The van der Waals surface area contributed by atoms with Gasteiger partial charge in [-0.05, 0) is 38.1 Å². The predicted octanol–water partition coefficient (Wildman–Crippen LogP) is 4.00. The highest BCUT2D eigenvalue weighted by molar-refractivity contribution is 6.33. The van der Waals surface area contributed by atoms with E-state index in [4.69, 9.17) is 16.3 Å². The lowest BCUT2D eigenvalue weighted by atomic mass is 10.1. The van der Waals surface area contributed by atoms with Crippen molar-refractivity contribution in [3.05, 3.63) is 64.2 Å². The molecule has 0 aromatic heterocycles. The maximum atomic E-state index is 13.3. The van der Waals surface area contributed by atoms with Crippen molar-refractivity contribution < 1.29 is 27.9 Å². The molecule has 1 atom stereocenters. The zero-order valence-corrected chi connectivity index (χ0v) is 14.6. The zero-order valence-electron chi connectivity index (χ0n) is 13.8. The fourth-order valence-electron chi connectivity index (χ4n) is 2.02. The van der Waals surface area contributed by atoms with Gasteiger partial charge in [-0.25, -0.2) is 13.6 Å². The molecule has 0 aliphatic rings. The molecule has 0 fully saturated rings. The number of hydrogen-bond donors (Lipinski definition) is 1. The van der Waals surface area contributed by atoms with E-state index in [-0.39, 0.29) is 10.8 Å². The van der Waals surface area contributed by atoms with Gasteiger partial charge in [0.05, 0.1) is 10.6 Å². The van der Waals surface area contributed by atoms with Gasteiger partial charge in [0, 0.05) is 11.3 Å². The number of amides is 1. The minimum absolute atomic E-state index is 0.173. The summed E-state index contributed by atoms with van der Waals surface area (Å²) in [6.45, 7) is 2.69. The van der Waals surface area contributed by atoms with E-state index in [2.05, 4.69) is 5.32 Å². The van der Waals surface area contributed by atoms with Gasteiger partial charge in [0.2, 0.25) is 0 Å². The smallest absolute Gasteiger partial charge is 0.340 e. The minimum atomic E-state index is -1.26. The molecule has 0 saturated carbocycles. The number of carbonyl (C=O) groups is 3. The average molecular weight is 382 g/mol. The summed E-state index contributed by atoms with van der Waals surface area (Å²) in [5.41, 5.74) is 0.348. The van der Waals surface area contributed by atoms with E-state index in [0.29, 0.717) is 23.4 Å². The summed E-state index contributed by atoms with van der Waals surface area (Å²) in [6, 6.07) is 7.45. The van der Waals surface area contributed by atoms with E-state index in [1.54, 1.807) is 18.2 Å². The van der Waals surface area contributed by atoms with Gasteiger partial charge >= 0.3 is 5.97 Å². The number of hydrogen-bond acceptors (Lipinski definition) is 4. The lowest BCUT2D eigenvalue weighted by molar-refractivity contribution is -0.123. The van der Waals surface area contributed by atoms with Gasteiger partial charge in [-0.15, -0.1) is 0 Å². The number of Topliss-reactive ketones (excluding diaryl/α,β-unsaturated/α-hetero) is 1. The van der Waals surface area contributed by atoms with Crippen LogP contribution in [-0.4, -0.2) is 23.8 Å². The van der Waals surface area contributed by atoms with Crippen LogP contribution in [0.2, 0.25) is 5.02 Å². The van der Waals surface area contributed by atoms with Crippen LogP contribution in [0.15, 0.2) is 36.4 Å². The molecule has 0 aliphatic carbocycles. The summed E-state index contributed by atoms with van der Waals surface area (Å²) in [5.74, 6) is -4.39. The second-order valence-electron chi connectivity index (χ2n) is 5.42. The number of halogens is 3. The van der Waals surface area contributed by atoms with Crippen molar-refractivity contribution in [2.45, 2.75) is 20.0 Å². The molecule has 0 radical (unpaired) electrons. The molecule has 1 N–H and O–H groups in total. The van der Waals surface area contributed by atoms with Crippen LogP contribution >= 0.6 is 11.6 Å². The topological polar surface area (TPSA) is 72.5 Å². The second kappa shape index (κ2) is 8.05. The first-order chi connectivity index (χ1) is 12.2. The largest absolute Gasteiger partial charge is 0.449 e. The number of ketones is 1. The number of ether oxygens (including phenoxy) is 1. The Kier molecular flexibility index (Phi) is 6.05. The van der Waals surface area contributed by atoms with Crippen LogP contribution in [0, 0.1) is 11.6 Å². The van der Waals surface area contributed by atoms with Gasteiger partial charge in [0.1, 0.15) is 0 Å². The standard InChI is InChI=1S/C18H14ClF2NO4/c1-9(23)11-4-3-5-12(6-11)22-17(24)10(2)26-18(25)13-7-15(20)16(21)8-14(13)19/h3-8,10H,1-2H3,(H,22,24). The van der Waals surface area contributed by atoms with Crippen molar-refractivity contribution in [1.82, 2.24) is 0 Å². The maximum Gasteiger partial charge on any atom is 0.340 e. The van der Waals surface area contributed by atoms with Crippen molar-refractivity contribution >= 4 is 34.9 Å². The molecular weight excluding hydrogens is 368 g/mol. The van der Waals surface area contributed by atoms with Crippen molar-refractivity contribution in [3.8, 4) is 0 Å². The third-order valence-electron chi connectivity index (χ3n) is 3.42. The molecule has 2 aromatic rings. The van der Waals surface area contributed by atoms with Gasteiger partial charge in [-0.1, -0.05) is 23.7 Å². The van der Waals surface area contributed by atoms with E-state index in [1.165, 1.54) is 19.9 Å². The van der Waals surface area contributed by atoms with E-state index in [9.17, 15) is 23.2 Å². The maximum absolute atomic E-state index is 13.3. The van der Waals surface area contributed by atoms with Crippen LogP contribution in [0.5, 0.6) is 0 Å². The molecule has 0 heterocycles. The Hall–Kier alpha value is -2.80. The lowest BCUT2D eigenvalue weighted by Crippen LogP contribution is -2.30. The Morgan fingerprint density at radius 2 is 1.77 bits per heavy atom. The van der Waals surface area contributed by atoms with E-state index >= 15 is 0 Å². The Morgan fingerprint density at radius 1 is 1.12 bits per heavy atom. The molecule has 1 unspecified atom stereocenters. The molecule has 26 heavy (non-hydrogen) atoms. The molecule has 5 nitrogen and oxygen atoms in total. The van der Waals surface area contributed by atoms with Crippen LogP contribution in [0.3, 0.4) is 0 Å². The Bertz CT molecular complexity index is 885. The van der Waals surface area contributed by atoms with E-state index < -0.39 is 35.2 Å². The molecule has 8 heteroatoms. The van der Waals surface area contributed by atoms with Crippen LogP contribution in [0.1, 0.15) is 34.6 Å². The fraction of sp³-hybridized carbons (Fsp3) is 0.167. The fourth-order valence-corrected chi connectivity index (χ4v) is 2.24. The van der Waals surface area contributed by atoms with Crippen molar-refractivity contribution in [1.29, 1.82) is 0 Å². The Labute approximate surface area is 152 Å². The number of rotatable bonds is 5. The highest BCUT2D eigenvalue weighted by atomic mass is 35.5. The molecule has 0 saturated heterocycles. The van der Waals surface area contributed by atoms with Crippen LogP contribution in [0.4, 0.5) is 14.5 Å². The number of esters is 1. The summed E-state index contributed by atoms with van der Waals surface area (Å²) in [5, 5.41) is 2.16. The van der Waals surface area contributed by atoms with Crippen molar-refractivity contribution in [2.75, 3.05) is 5.32 Å². The van der Waals surface area contributed by atoms with Crippen molar-refractivity contribution in [3.63, 3.8) is 0 Å². The van der Waals surface area contributed by atoms with Gasteiger partial charge < -0.3 is 10.1 Å². The molecule has 0 aliphatic heterocycles. The summed E-state index contributed by atoms with van der Waals surface area (Å²) >= 11 is 5.70. The monoisotopic (exact) mass is 381 g/mol. The third-order valence-corrected chi connectivity index (χ3v) is 3.73. The molecule has 1 amide bonds. The summed E-state index contributed by atoms with van der Waals surface area (Å²) < 4.78 is 31.2. The van der Waals surface area contributed by atoms with Gasteiger partial charge in [-0.2, -0.15) is 0 Å². The normalized spacial score (nSPS) is 11.6. The summed E-state index contributed by atoms with van der Waals surface area (Å²) in [6.07, 6.45) is -1.24. The number of anilines is 1. The molecular formula is C18H14ClF2NO4. The van der Waals surface area contributed by atoms with E-state index in [1.807, 2.05) is 0 Å². The third kappa shape index (κ3) is 4.64. The van der Waals surface area contributed by atoms with E-state index in [0.717, 1.165) is 0 Å². The Balaban J connectivity index is 2.07. The first-order valence-corrected chi connectivity index (χ1v) is 7.84. The van der Waals surface area contributed by atoms with Crippen LogP contribution < -0.4 is 5.32 Å². The van der Waals surface area contributed by atoms with Gasteiger partial charge in [0.15, 0.2) is 23.5 Å². The molecule has 136 valence electrons. The molecule has 2 rings (SSSR count). The minimum Gasteiger partial charge on any atom is -0.449 e. The quantitative estimate of drug-likeness (QED) is 0.482. The van der Waals surface area contributed by atoms with Gasteiger partial charge in [0.25, 0.3) is 5.91 Å². The molecule has 0 spiro atoms. The number of nitrogens with one attached hydrogen (secondary N) is 1. The average Bonchev–Trinajstić information content (AvgIpc) is 2.58. The Morgan fingerprint density at radius 3 is 2.42 bits per heavy atom. The van der Waals surface area contributed by atoms with Crippen LogP contribution in [0.25, 0.3) is 0 Å². The SMILES string of the molecule is CC(=O)c1cccc(NC(=O)C(C)OC(=O)c2cc(F)c(F)cc2Cl)c1. The highest BCUT2D eigenvalue weighted by Crippen LogP contribution is 2.21. The van der Waals surface area contributed by atoms with Crippen molar-refractivity contribution in [2.24, 2.45) is 0 Å².